The van der Waals surface area contributed by atoms with Crippen LogP contribution >= 0.6 is 0 Å². The predicted octanol–water partition coefficient (Wildman–Crippen LogP) is 0.936. The SMILES string of the molecule is CCCCCCCCCCCCCCCCCC[Si](C)(C1=CC[C]([Ti+3])=C1C)c1ccccc1.[Cl-].[Cl-].[Cl-]. The molecule has 36 heavy (non-hydrogen) atoms. The second-order valence-electron chi connectivity index (χ2n) is 10.7. The van der Waals surface area contributed by atoms with E-state index < -0.39 is 8.07 Å². The Kier molecular flexibility index (Phi) is 25.1. The van der Waals surface area contributed by atoms with Crippen molar-refractivity contribution in [2.75, 3.05) is 0 Å². The van der Waals surface area contributed by atoms with Crippen molar-refractivity contribution < 1.29 is 57.7 Å². The van der Waals surface area contributed by atoms with Crippen molar-refractivity contribution in [2.45, 2.75) is 136 Å². The molecule has 2 rings (SSSR count). The largest absolute Gasteiger partial charge is 1.00 e. The van der Waals surface area contributed by atoms with E-state index in [-0.39, 0.29) is 37.2 Å². The van der Waals surface area contributed by atoms with Crippen LogP contribution in [0.2, 0.25) is 12.6 Å². The van der Waals surface area contributed by atoms with Crippen LogP contribution in [0.15, 0.2) is 51.1 Å². The summed E-state index contributed by atoms with van der Waals surface area (Å²) < 4.78 is 1.59. The van der Waals surface area contributed by atoms with Gasteiger partial charge in [0.2, 0.25) is 0 Å². The van der Waals surface area contributed by atoms with Crippen molar-refractivity contribution in [3.05, 3.63) is 51.1 Å². The van der Waals surface area contributed by atoms with Gasteiger partial charge in [0.25, 0.3) is 0 Å². The van der Waals surface area contributed by atoms with Gasteiger partial charge in [-0.1, -0.05) is 64.7 Å². The molecule has 1 atom stereocenters. The summed E-state index contributed by atoms with van der Waals surface area (Å²) in [4.78, 5) is 0. The van der Waals surface area contributed by atoms with E-state index in [9.17, 15) is 0 Å². The summed E-state index contributed by atoms with van der Waals surface area (Å²) in [6.45, 7) is 7.30. The van der Waals surface area contributed by atoms with Crippen molar-refractivity contribution >= 4 is 13.3 Å². The van der Waals surface area contributed by atoms with Crippen LogP contribution in [-0.2, 0) is 20.4 Å². The van der Waals surface area contributed by atoms with E-state index in [1.807, 2.05) is 0 Å². The van der Waals surface area contributed by atoms with Gasteiger partial charge in [-0.2, -0.15) is 0 Å². The number of allylic oxidation sites excluding steroid dienone is 4. The average molecular weight is 606 g/mol. The Bertz CT molecular complexity index is 720. The van der Waals surface area contributed by atoms with E-state index in [0.29, 0.717) is 0 Å². The topological polar surface area (TPSA) is 0 Å². The van der Waals surface area contributed by atoms with Gasteiger partial charge in [-0.05, 0) is 0 Å². The van der Waals surface area contributed by atoms with Crippen LogP contribution in [0.25, 0.3) is 0 Å². The molecule has 0 heterocycles. The maximum atomic E-state index is 2.63. The third-order valence-electron chi connectivity index (χ3n) is 7.90. The maximum absolute atomic E-state index is 2.63. The van der Waals surface area contributed by atoms with Gasteiger partial charge in [-0.15, -0.1) is 0 Å². The Morgan fingerprint density at radius 2 is 1.08 bits per heavy atom. The zero-order valence-electron chi connectivity index (χ0n) is 23.3. The molecule has 204 valence electrons. The molecule has 0 nitrogen and oxygen atoms in total. The van der Waals surface area contributed by atoms with E-state index in [1.54, 1.807) is 19.8 Å². The molecule has 1 aliphatic carbocycles. The minimum Gasteiger partial charge on any atom is -1.00 e. The molecular weight excluding hydrogens is 555 g/mol. The van der Waals surface area contributed by atoms with Gasteiger partial charge in [-0.25, -0.2) is 0 Å². The van der Waals surface area contributed by atoms with Gasteiger partial charge in [0.15, 0.2) is 0 Å². The molecule has 0 saturated carbocycles. The summed E-state index contributed by atoms with van der Waals surface area (Å²) in [6, 6.07) is 12.9. The van der Waals surface area contributed by atoms with Crippen LogP contribution in [0.1, 0.15) is 123 Å². The molecule has 0 aliphatic heterocycles. The van der Waals surface area contributed by atoms with E-state index in [4.69, 9.17) is 0 Å². The molecule has 0 amide bonds. The van der Waals surface area contributed by atoms with Crippen LogP contribution in [0.4, 0.5) is 0 Å². The van der Waals surface area contributed by atoms with Crippen molar-refractivity contribution in [1.29, 1.82) is 0 Å². The van der Waals surface area contributed by atoms with Crippen LogP contribution in [0.3, 0.4) is 0 Å². The number of rotatable bonds is 19. The molecule has 1 aromatic carbocycles. The Morgan fingerprint density at radius 3 is 1.47 bits per heavy atom. The maximum Gasteiger partial charge on any atom is -1.00 e. The van der Waals surface area contributed by atoms with Gasteiger partial charge in [0.05, 0.1) is 0 Å². The molecule has 0 spiro atoms. The second-order valence-corrected chi connectivity index (χ2v) is 15.9. The quantitative estimate of drug-likeness (QED) is 0.163. The number of hydrogen-bond acceptors (Lipinski definition) is 0. The molecule has 0 N–H and O–H groups in total. The molecule has 1 aromatic rings. The number of benzene rings is 1. The second kappa shape index (κ2) is 23.4. The minimum absolute atomic E-state index is 0. The van der Waals surface area contributed by atoms with Crippen molar-refractivity contribution in [3.63, 3.8) is 0 Å². The van der Waals surface area contributed by atoms with Gasteiger partial charge in [0, 0.05) is 0 Å². The smallest absolute Gasteiger partial charge is 1.00 e. The predicted molar refractivity (Wildman–Crippen MR) is 147 cm³/mol. The number of halogens is 3. The fourth-order valence-electron chi connectivity index (χ4n) is 5.58. The minimum atomic E-state index is -1.60. The van der Waals surface area contributed by atoms with E-state index >= 15 is 0 Å². The van der Waals surface area contributed by atoms with Crippen LogP contribution in [-0.4, -0.2) is 8.07 Å². The molecule has 0 aromatic heterocycles. The van der Waals surface area contributed by atoms with Gasteiger partial charge < -0.3 is 37.2 Å². The first-order chi connectivity index (χ1) is 16.1. The van der Waals surface area contributed by atoms with Crippen LogP contribution < -0.4 is 42.4 Å². The molecular formula is C31H51Cl3SiTi. The summed E-state index contributed by atoms with van der Waals surface area (Å²) in [5.41, 5.74) is 1.60. The average Bonchev–Trinajstić information content (AvgIpc) is 3.18. The summed E-state index contributed by atoms with van der Waals surface area (Å²) in [7, 11) is -1.60. The van der Waals surface area contributed by atoms with Crippen LogP contribution in [0.5, 0.6) is 0 Å². The number of hydrogen-bond donors (Lipinski definition) is 0. The van der Waals surface area contributed by atoms with E-state index in [2.05, 4.69) is 77.2 Å². The third kappa shape index (κ3) is 14.0. The molecule has 0 radical (unpaired) electrons. The Balaban J connectivity index is 0. The molecule has 1 aliphatic rings. The first-order valence-electron chi connectivity index (χ1n) is 14.3. The van der Waals surface area contributed by atoms with Gasteiger partial charge in [-0.3, -0.25) is 0 Å². The first-order valence-corrected chi connectivity index (χ1v) is 17.8. The fourth-order valence-corrected chi connectivity index (χ4v) is 10.4. The molecule has 0 saturated heterocycles. The summed E-state index contributed by atoms with van der Waals surface area (Å²) in [5.74, 6) is 0. The Hall–Kier alpha value is 0.501. The normalized spacial score (nSPS) is 14.4. The van der Waals surface area contributed by atoms with E-state index in [0.717, 1.165) is 0 Å². The number of unbranched alkanes of at least 4 members (excludes halogenated alkanes) is 15. The first kappa shape index (κ1) is 38.6. The summed E-state index contributed by atoms with van der Waals surface area (Å²) >= 11 is 2.33. The monoisotopic (exact) mass is 604 g/mol. The zero-order chi connectivity index (χ0) is 23.8. The summed E-state index contributed by atoms with van der Waals surface area (Å²) in [5, 5.41) is 3.36. The van der Waals surface area contributed by atoms with Crippen LogP contribution in [0, 0.1) is 0 Å². The Labute approximate surface area is 256 Å². The third-order valence-corrected chi connectivity index (χ3v) is 13.5. The zero-order valence-corrected chi connectivity index (χ0v) is 28.2. The van der Waals surface area contributed by atoms with Gasteiger partial charge in [0.1, 0.15) is 0 Å². The van der Waals surface area contributed by atoms with Gasteiger partial charge >= 0.3 is 156 Å². The fraction of sp³-hybridized carbons (Fsp3) is 0.677. The van der Waals surface area contributed by atoms with Crippen molar-refractivity contribution in [2.24, 2.45) is 0 Å². The molecule has 5 heteroatoms. The molecule has 0 fully saturated rings. The molecule has 0 bridgehead atoms. The standard InChI is InChI=1S/C31H51Si.3ClH.Ti/c1-4-5-6-7-8-9-10-11-12-13-14-15-16-17-18-22-28-32(3,30-25-20-19-21-26-30)31-27-23-24-29(31)2;;;;/h19-21,25-27H,4-18,22-23,28H2,1-3H3;3*1H;/q;;;;+3/p-3. The molecule has 1 unspecified atom stereocenters. The van der Waals surface area contributed by atoms with E-state index in [1.165, 1.54) is 115 Å². The van der Waals surface area contributed by atoms with Crippen molar-refractivity contribution in [3.8, 4) is 0 Å². The summed E-state index contributed by atoms with van der Waals surface area (Å²) in [6.07, 6.45) is 26.9. The van der Waals surface area contributed by atoms with Crippen molar-refractivity contribution in [1.82, 2.24) is 0 Å². The Morgan fingerprint density at radius 1 is 0.667 bits per heavy atom.